The number of ether oxygens (including phenoxy) is 1. The van der Waals surface area contributed by atoms with Crippen LogP contribution in [0.2, 0.25) is 0 Å². The van der Waals surface area contributed by atoms with Crippen LogP contribution in [0.25, 0.3) is 0 Å². The Morgan fingerprint density at radius 3 is 2.67 bits per heavy atom. The van der Waals surface area contributed by atoms with Crippen LogP contribution in [0.1, 0.15) is 13.3 Å². The minimum atomic E-state index is -1.15. The molecule has 1 atom stereocenters. The van der Waals surface area contributed by atoms with Gasteiger partial charge in [-0.2, -0.15) is 5.10 Å². The van der Waals surface area contributed by atoms with E-state index in [1.807, 2.05) is 6.92 Å². The first kappa shape index (κ1) is 16.5. The maximum absolute atomic E-state index is 11.7. The molecule has 0 bridgehead atoms. The van der Waals surface area contributed by atoms with E-state index in [0.717, 1.165) is 6.42 Å². The summed E-state index contributed by atoms with van der Waals surface area (Å²) in [6.07, 6.45) is 1.58. The molecule has 21 heavy (non-hydrogen) atoms. The molecule has 1 aromatic carbocycles. The molecule has 0 aliphatic rings. The Balaban J connectivity index is 2.56. The summed E-state index contributed by atoms with van der Waals surface area (Å²) in [4.78, 5) is 22.8. The van der Waals surface area contributed by atoms with E-state index in [-0.39, 0.29) is 6.54 Å². The standard InChI is InChI=1S/C14H19N3O4/c1-3-9-15-17(2)10-12(13(18)19)16-14(20)21-11-7-5-4-6-8-11/h4-9,12H,3,10H2,1-2H3,(H,16,20)(H,18,19)/b15-9-. The van der Waals surface area contributed by atoms with Crippen molar-refractivity contribution in [2.75, 3.05) is 13.6 Å². The second-order valence-corrected chi connectivity index (χ2v) is 4.28. The lowest BCUT2D eigenvalue weighted by atomic mass is 10.3. The van der Waals surface area contributed by atoms with Crippen molar-refractivity contribution >= 4 is 18.3 Å². The fourth-order valence-electron chi connectivity index (χ4n) is 1.49. The minimum Gasteiger partial charge on any atom is -0.480 e. The molecule has 1 rings (SSSR count). The highest BCUT2D eigenvalue weighted by Crippen LogP contribution is 2.08. The fourth-order valence-corrected chi connectivity index (χ4v) is 1.49. The van der Waals surface area contributed by atoms with Gasteiger partial charge < -0.3 is 15.2 Å². The second kappa shape index (κ2) is 8.57. The number of aliphatic carboxylic acids is 1. The zero-order valence-electron chi connectivity index (χ0n) is 12.0. The molecule has 2 N–H and O–H groups in total. The number of hydrazone groups is 1. The van der Waals surface area contributed by atoms with Crippen molar-refractivity contribution in [2.45, 2.75) is 19.4 Å². The lowest BCUT2D eigenvalue weighted by Crippen LogP contribution is -2.47. The first-order chi connectivity index (χ1) is 10.0. The maximum Gasteiger partial charge on any atom is 0.413 e. The Morgan fingerprint density at radius 1 is 1.43 bits per heavy atom. The third-order valence-corrected chi connectivity index (χ3v) is 2.45. The molecule has 0 saturated carbocycles. The van der Waals surface area contributed by atoms with Crippen LogP contribution >= 0.6 is 0 Å². The van der Waals surface area contributed by atoms with Crippen LogP contribution in [0.3, 0.4) is 0 Å². The molecule has 0 aliphatic carbocycles. The van der Waals surface area contributed by atoms with Crippen LogP contribution < -0.4 is 10.1 Å². The largest absolute Gasteiger partial charge is 0.480 e. The summed E-state index contributed by atoms with van der Waals surface area (Å²) in [6, 6.07) is 7.31. The predicted octanol–water partition coefficient (Wildman–Crippen LogP) is 1.56. The van der Waals surface area contributed by atoms with Gasteiger partial charge in [-0.05, 0) is 18.6 Å². The zero-order chi connectivity index (χ0) is 15.7. The number of hydrogen-bond donors (Lipinski definition) is 2. The van der Waals surface area contributed by atoms with Crippen molar-refractivity contribution in [1.29, 1.82) is 0 Å². The summed E-state index contributed by atoms with van der Waals surface area (Å²) in [5, 5.41) is 16.9. The van der Waals surface area contributed by atoms with Gasteiger partial charge in [-0.25, -0.2) is 9.59 Å². The molecule has 1 amide bonds. The van der Waals surface area contributed by atoms with E-state index in [9.17, 15) is 9.59 Å². The van der Waals surface area contributed by atoms with Crippen molar-refractivity contribution in [3.05, 3.63) is 30.3 Å². The third kappa shape index (κ3) is 6.42. The van der Waals surface area contributed by atoms with Crippen molar-refractivity contribution in [2.24, 2.45) is 5.10 Å². The van der Waals surface area contributed by atoms with E-state index in [1.165, 1.54) is 5.01 Å². The van der Waals surface area contributed by atoms with Crippen LogP contribution in [0.15, 0.2) is 35.4 Å². The predicted molar refractivity (Wildman–Crippen MR) is 78.4 cm³/mol. The average molecular weight is 293 g/mol. The molecule has 0 saturated heterocycles. The van der Waals surface area contributed by atoms with E-state index >= 15 is 0 Å². The van der Waals surface area contributed by atoms with Crippen molar-refractivity contribution in [1.82, 2.24) is 10.3 Å². The number of likely N-dealkylation sites (N-methyl/N-ethyl adjacent to an activating group) is 1. The Hall–Kier alpha value is -2.57. The highest BCUT2D eigenvalue weighted by Gasteiger charge is 2.22. The van der Waals surface area contributed by atoms with E-state index in [4.69, 9.17) is 9.84 Å². The molecule has 0 aliphatic heterocycles. The lowest BCUT2D eigenvalue weighted by Gasteiger charge is -2.19. The smallest absolute Gasteiger partial charge is 0.413 e. The molecule has 0 radical (unpaired) electrons. The summed E-state index contributed by atoms with van der Waals surface area (Å²) in [7, 11) is 1.63. The number of nitrogens with one attached hydrogen (secondary N) is 1. The van der Waals surface area contributed by atoms with Crippen LogP contribution in [0.5, 0.6) is 5.75 Å². The topological polar surface area (TPSA) is 91.2 Å². The molecule has 7 nitrogen and oxygen atoms in total. The molecular weight excluding hydrogens is 274 g/mol. The van der Waals surface area contributed by atoms with Gasteiger partial charge in [-0.15, -0.1) is 0 Å². The highest BCUT2D eigenvalue weighted by molar-refractivity contribution is 5.81. The van der Waals surface area contributed by atoms with Gasteiger partial charge in [0.2, 0.25) is 0 Å². The summed E-state index contributed by atoms with van der Waals surface area (Å²) < 4.78 is 4.99. The Bertz CT molecular complexity index is 490. The van der Waals surface area contributed by atoms with Crippen LogP contribution in [0.4, 0.5) is 4.79 Å². The molecule has 7 heteroatoms. The summed E-state index contributed by atoms with van der Waals surface area (Å²) in [6.45, 7) is 1.96. The van der Waals surface area contributed by atoms with Gasteiger partial charge in [0.05, 0.1) is 6.54 Å². The zero-order valence-corrected chi connectivity index (χ0v) is 12.0. The monoisotopic (exact) mass is 293 g/mol. The summed E-state index contributed by atoms with van der Waals surface area (Å²) in [5.41, 5.74) is 0. The van der Waals surface area contributed by atoms with Gasteiger partial charge in [-0.1, -0.05) is 25.1 Å². The molecule has 114 valence electrons. The van der Waals surface area contributed by atoms with Crippen LogP contribution in [0, 0.1) is 0 Å². The molecule has 1 aromatic rings. The maximum atomic E-state index is 11.7. The van der Waals surface area contributed by atoms with Crippen molar-refractivity contribution in [3.8, 4) is 5.75 Å². The Labute approximate surface area is 123 Å². The number of carbonyl (C=O) groups excluding carboxylic acids is 1. The fraction of sp³-hybridized carbons (Fsp3) is 0.357. The summed E-state index contributed by atoms with van der Waals surface area (Å²) in [5.74, 6) is -0.810. The molecule has 0 fully saturated rings. The van der Waals surface area contributed by atoms with Gasteiger partial charge >= 0.3 is 12.1 Å². The third-order valence-electron chi connectivity index (χ3n) is 2.45. The highest BCUT2D eigenvalue weighted by atomic mass is 16.6. The molecule has 0 spiro atoms. The van der Waals surface area contributed by atoms with E-state index in [0.29, 0.717) is 5.75 Å². The quantitative estimate of drug-likeness (QED) is 0.588. The molecule has 1 unspecified atom stereocenters. The molecule has 0 aromatic heterocycles. The number of carbonyl (C=O) groups is 2. The first-order valence-electron chi connectivity index (χ1n) is 6.52. The van der Waals surface area contributed by atoms with E-state index in [1.54, 1.807) is 43.6 Å². The molecular formula is C14H19N3O4. The number of carboxylic acid groups (broad SMARTS) is 1. The second-order valence-electron chi connectivity index (χ2n) is 4.28. The minimum absolute atomic E-state index is 0.0374. The Morgan fingerprint density at radius 2 is 2.10 bits per heavy atom. The van der Waals surface area contributed by atoms with Crippen molar-refractivity contribution < 1.29 is 19.4 Å². The summed E-state index contributed by atoms with van der Waals surface area (Å²) >= 11 is 0. The van der Waals surface area contributed by atoms with Gasteiger partial charge in [0.25, 0.3) is 0 Å². The lowest BCUT2D eigenvalue weighted by molar-refractivity contribution is -0.139. The number of benzene rings is 1. The average Bonchev–Trinajstić information content (AvgIpc) is 2.45. The first-order valence-corrected chi connectivity index (χ1v) is 6.52. The van der Waals surface area contributed by atoms with Gasteiger partial charge in [0, 0.05) is 13.3 Å². The number of rotatable bonds is 7. The SMILES string of the molecule is CC/C=N\N(C)CC(NC(=O)Oc1ccccc1)C(=O)O. The van der Waals surface area contributed by atoms with E-state index < -0.39 is 18.1 Å². The van der Waals surface area contributed by atoms with E-state index in [2.05, 4.69) is 10.4 Å². The number of hydrogen-bond acceptors (Lipinski definition) is 5. The Kier molecular flexibility index (Phi) is 6.73. The number of amides is 1. The number of para-hydroxylation sites is 1. The van der Waals surface area contributed by atoms with Crippen molar-refractivity contribution in [3.63, 3.8) is 0 Å². The number of nitrogens with zero attached hydrogens (tertiary/aromatic N) is 2. The van der Waals surface area contributed by atoms with Gasteiger partial charge in [-0.3, -0.25) is 5.01 Å². The van der Waals surface area contributed by atoms with Crippen LogP contribution in [-0.2, 0) is 4.79 Å². The van der Waals surface area contributed by atoms with Crippen LogP contribution in [-0.4, -0.2) is 48.0 Å². The van der Waals surface area contributed by atoms with Gasteiger partial charge in [0.1, 0.15) is 11.8 Å². The van der Waals surface area contributed by atoms with Gasteiger partial charge in [0.15, 0.2) is 0 Å². The molecule has 0 heterocycles. The number of carboxylic acids is 1. The normalized spacial score (nSPS) is 11.9.